The van der Waals surface area contributed by atoms with Crippen molar-refractivity contribution in [1.29, 1.82) is 0 Å². The summed E-state index contributed by atoms with van der Waals surface area (Å²) in [7, 11) is 1.81. The van der Waals surface area contributed by atoms with Gasteiger partial charge in [-0.05, 0) is 52.1 Å². The lowest BCUT2D eigenvalue weighted by Gasteiger charge is -2.35. The third kappa shape index (κ3) is 6.17. The van der Waals surface area contributed by atoms with Gasteiger partial charge < -0.3 is 15.0 Å². The molecule has 18 heavy (non-hydrogen) atoms. The highest BCUT2D eigenvalue weighted by Crippen LogP contribution is 2.19. The van der Waals surface area contributed by atoms with E-state index in [1.54, 1.807) is 0 Å². The van der Waals surface area contributed by atoms with Crippen LogP contribution in [0.1, 0.15) is 47.0 Å². The number of ether oxygens (including phenoxy) is 1. The molecule has 1 N–H and O–H groups in total. The van der Waals surface area contributed by atoms with Gasteiger partial charge in [0.25, 0.3) is 0 Å². The molecule has 0 aliphatic carbocycles. The Hall–Kier alpha value is -0.120. The number of nitrogens with zero attached hydrogens (tertiary/aromatic N) is 1. The van der Waals surface area contributed by atoms with Crippen molar-refractivity contribution in [1.82, 2.24) is 10.2 Å². The van der Waals surface area contributed by atoms with E-state index in [0.29, 0.717) is 6.04 Å². The Bertz CT molecular complexity index is 229. The lowest BCUT2D eigenvalue weighted by Crippen LogP contribution is -2.42. The molecule has 0 bridgehead atoms. The summed E-state index contributed by atoms with van der Waals surface area (Å²) in [6.45, 7) is 13.6. The van der Waals surface area contributed by atoms with E-state index in [9.17, 15) is 0 Å². The minimum atomic E-state index is 0.0170. The molecule has 1 atom stereocenters. The molecule has 0 saturated carbocycles. The van der Waals surface area contributed by atoms with Crippen LogP contribution in [0.15, 0.2) is 0 Å². The molecule has 1 aliphatic heterocycles. The first-order valence-electron chi connectivity index (χ1n) is 7.44. The Morgan fingerprint density at radius 2 is 2.11 bits per heavy atom. The van der Waals surface area contributed by atoms with Crippen molar-refractivity contribution in [3.05, 3.63) is 0 Å². The number of hydrogen-bond donors (Lipinski definition) is 1. The molecule has 1 heterocycles. The number of methoxy groups -OCH3 is 1. The predicted octanol–water partition coefficient (Wildman–Crippen LogP) is 2.51. The van der Waals surface area contributed by atoms with Gasteiger partial charge >= 0.3 is 0 Å². The number of likely N-dealkylation sites (tertiary alicyclic amines) is 1. The van der Waals surface area contributed by atoms with Gasteiger partial charge in [-0.1, -0.05) is 13.8 Å². The van der Waals surface area contributed by atoms with Crippen LogP contribution < -0.4 is 5.32 Å². The Kier molecular flexibility index (Phi) is 6.61. The third-order valence-electron chi connectivity index (χ3n) is 4.00. The molecular formula is C15H32N2O. The van der Waals surface area contributed by atoms with E-state index in [1.165, 1.54) is 39.0 Å². The van der Waals surface area contributed by atoms with Crippen LogP contribution in [0.2, 0.25) is 0 Å². The fourth-order valence-corrected chi connectivity index (χ4v) is 2.45. The first-order chi connectivity index (χ1) is 8.43. The quantitative estimate of drug-likeness (QED) is 0.757. The van der Waals surface area contributed by atoms with E-state index in [0.717, 1.165) is 12.3 Å². The highest BCUT2D eigenvalue weighted by Gasteiger charge is 2.23. The second-order valence-corrected chi connectivity index (χ2v) is 6.59. The summed E-state index contributed by atoms with van der Waals surface area (Å²) in [6, 6.07) is 0.604. The Morgan fingerprint density at radius 1 is 1.39 bits per heavy atom. The van der Waals surface area contributed by atoms with Crippen LogP contribution in [-0.4, -0.2) is 49.8 Å². The molecule has 1 rings (SSSR count). The molecule has 108 valence electrons. The van der Waals surface area contributed by atoms with Gasteiger partial charge in [0.1, 0.15) is 0 Å². The fraction of sp³-hybridized carbons (Fsp3) is 1.00. The van der Waals surface area contributed by atoms with Crippen LogP contribution >= 0.6 is 0 Å². The topological polar surface area (TPSA) is 24.5 Å². The fourth-order valence-electron chi connectivity index (χ4n) is 2.45. The standard InChI is InChI=1S/C15H32N2O/c1-13(2)16-11-14-7-6-9-17(12-14)10-8-15(3,4)18-5/h13-14,16H,6-12H2,1-5H3. The van der Waals surface area contributed by atoms with Crippen molar-refractivity contribution < 1.29 is 4.74 Å². The zero-order valence-electron chi connectivity index (χ0n) is 13.0. The van der Waals surface area contributed by atoms with Gasteiger partial charge in [-0.15, -0.1) is 0 Å². The van der Waals surface area contributed by atoms with Crippen molar-refractivity contribution in [3.63, 3.8) is 0 Å². The Labute approximate surface area is 113 Å². The molecule has 1 unspecified atom stereocenters. The van der Waals surface area contributed by atoms with Crippen LogP contribution in [0.3, 0.4) is 0 Å². The number of nitrogens with one attached hydrogen (secondary N) is 1. The number of piperidine rings is 1. The molecule has 1 saturated heterocycles. The minimum Gasteiger partial charge on any atom is -0.379 e. The lowest BCUT2D eigenvalue weighted by molar-refractivity contribution is 0.00413. The molecule has 0 radical (unpaired) electrons. The Morgan fingerprint density at radius 3 is 2.72 bits per heavy atom. The van der Waals surface area contributed by atoms with Gasteiger partial charge in [-0.3, -0.25) is 0 Å². The molecule has 0 aromatic rings. The van der Waals surface area contributed by atoms with Gasteiger partial charge in [0.15, 0.2) is 0 Å². The summed E-state index contributed by atoms with van der Waals surface area (Å²) >= 11 is 0. The molecule has 0 aromatic carbocycles. The molecule has 1 aliphatic rings. The van der Waals surface area contributed by atoms with Crippen molar-refractivity contribution in [2.75, 3.05) is 33.3 Å². The molecular weight excluding hydrogens is 224 g/mol. The largest absolute Gasteiger partial charge is 0.379 e. The van der Waals surface area contributed by atoms with Crippen molar-refractivity contribution >= 4 is 0 Å². The highest BCUT2D eigenvalue weighted by atomic mass is 16.5. The molecule has 0 amide bonds. The first kappa shape index (κ1) is 15.9. The van der Waals surface area contributed by atoms with Crippen LogP contribution in [-0.2, 0) is 4.74 Å². The van der Waals surface area contributed by atoms with Crippen LogP contribution in [0.4, 0.5) is 0 Å². The summed E-state index contributed by atoms with van der Waals surface area (Å²) in [5.74, 6) is 0.826. The number of rotatable bonds is 7. The van der Waals surface area contributed by atoms with Crippen molar-refractivity contribution in [2.24, 2.45) is 5.92 Å². The Balaban J connectivity index is 2.26. The minimum absolute atomic E-state index is 0.0170. The van der Waals surface area contributed by atoms with E-state index in [2.05, 4.69) is 37.9 Å². The molecule has 3 nitrogen and oxygen atoms in total. The third-order valence-corrected chi connectivity index (χ3v) is 4.00. The second-order valence-electron chi connectivity index (χ2n) is 6.59. The molecule has 3 heteroatoms. The maximum Gasteiger partial charge on any atom is 0.0634 e. The second kappa shape index (κ2) is 7.46. The van der Waals surface area contributed by atoms with Gasteiger partial charge in [-0.25, -0.2) is 0 Å². The zero-order valence-corrected chi connectivity index (χ0v) is 13.0. The average Bonchev–Trinajstić information content (AvgIpc) is 2.35. The molecule has 0 aromatic heterocycles. The zero-order chi connectivity index (χ0) is 13.6. The van der Waals surface area contributed by atoms with E-state index < -0.39 is 0 Å². The predicted molar refractivity (Wildman–Crippen MR) is 78.0 cm³/mol. The molecule has 0 spiro atoms. The van der Waals surface area contributed by atoms with Crippen LogP contribution in [0, 0.1) is 5.92 Å². The van der Waals surface area contributed by atoms with Gasteiger partial charge in [0.05, 0.1) is 5.60 Å². The molecule has 1 fully saturated rings. The average molecular weight is 256 g/mol. The maximum absolute atomic E-state index is 5.50. The highest BCUT2D eigenvalue weighted by molar-refractivity contribution is 4.78. The number of hydrogen-bond acceptors (Lipinski definition) is 3. The SMILES string of the molecule is COC(C)(C)CCN1CCCC(CNC(C)C)C1. The smallest absolute Gasteiger partial charge is 0.0634 e. The van der Waals surface area contributed by atoms with Crippen molar-refractivity contribution in [3.8, 4) is 0 Å². The van der Waals surface area contributed by atoms with Crippen molar-refractivity contribution in [2.45, 2.75) is 58.6 Å². The van der Waals surface area contributed by atoms with Gasteiger partial charge in [0, 0.05) is 26.2 Å². The van der Waals surface area contributed by atoms with Gasteiger partial charge in [0.2, 0.25) is 0 Å². The summed E-state index contributed by atoms with van der Waals surface area (Å²) in [5, 5.41) is 3.57. The summed E-state index contributed by atoms with van der Waals surface area (Å²) in [5.41, 5.74) is 0.0170. The summed E-state index contributed by atoms with van der Waals surface area (Å²) < 4.78 is 5.50. The normalized spacial score (nSPS) is 22.7. The van der Waals surface area contributed by atoms with E-state index in [1.807, 2.05) is 7.11 Å². The van der Waals surface area contributed by atoms with Crippen LogP contribution in [0.25, 0.3) is 0 Å². The summed E-state index contributed by atoms with van der Waals surface area (Å²) in [4.78, 5) is 2.61. The monoisotopic (exact) mass is 256 g/mol. The maximum atomic E-state index is 5.50. The lowest BCUT2D eigenvalue weighted by atomic mass is 9.96. The first-order valence-corrected chi connectivity index (χ1v) is 7.44. The van der Waals surface area contributed by atoms with E-state index in [4.69, 9.17) is 4.74 Å². The van der Waals surface area contributed by atoms with Crippen LogP contribution in [0.5, 0.6) is 0 Å². The van der Waals surface area contributed by atoms with E-state index >= 15 is 0 Å². The van der Waals surface area contributed by atoms with E-state index in [-0.39, 0.29) is 5.60 Å². The van der Waals surface area contributed by atoms with Gasteiger partial charge in [-0.2, -0.15) is 0 Å². The summed E-state index contributed by atoms with van der Waals surface area (Å²) in [6.07, 6.45) is 3.84.